The molecule has 0 atom stereocenters. The summed E-state index contributed by atoms with van der Waals surface area (Å²) in [4.78, 5) is 11.8. The Balaban J connectivity index is 1.98. The molecule has 0 bridgehead atoms. The molecule has 0 saturated heterocycles. The SMILES string of the molecule is CCCOCCCn1c(C)cc2c1CCCC2=O. The predicted octanol–water partition coefficient (Wildman–Crippen LogP) is 3.13. The summed E-state index contributed by atoms with van der Waals surface area (Å²) in [6.07, 6.45) is 4.87. The lowest BCUT2D eigenvalue weighted by atomic mass is 9.96. The average molecular weight is 249 g/mol. The molecule has 1 aliphatic rings. The van der Waals surface area contributed by atoms with E-state index in [0.29, 0.717) is 5.78 Å². The van der Waals surface area contributed by atoms with Crippen molar-refractivity contribution >= 4 is 5.78 Å². The van der Waals surface area contributed by atoms with Crippen LogP contribution in [0, 0.1) is 6.92 Å². The molecule has 3 nitrogen and oxygen atoms in total. The molecular formula is C15H23NO2. The third-order valence-corrected chi connectivity index (χ3v) is 3.55. The lowest BCUT2D eigenvalue weighted by molar-refractivity contribution is 0.0971. The van der Waals surface area contributed by atoms with E-state index < -0.39 is 0 Å². The van der Waals surface area contributed by atoms with Crippen molar-refractivity contribution in [2.75, 3.05) is 13.2 Å². The number of carbonyl (C=O) groups is 1. The molecule has 0 amide bonds. The van der Waals surface area contributed by atoms with Crippen molar-refractivity contribution in [3.8, 4) is 0 Å². The fourth-order valence-electron chi connectivity index (χ4n) is 2.67. The highest BCUT2D eigenvalue weighted by atomic mass is 16.5. The number of hydrogen-bond acceptors (Lipinski definition) is 2. The Labute approximate surface area is 109 Å². The van der Waals surface area contributed by atoms with Gasteiger partial charge in [0.15, 0.2) is 5.78 Å². The van der Waals surface area contributed by atoms with Crippen molar-refractivity contribution < 1.29 is 9.53 Å². The highest BCUT2D eigenvalue weighted by molar-refractivity contribution is 5.98. The normalized spacial score (nSPS) is 14.9. The van der Waals surface area contributed by atoms with Crippen LogP contribution in [0.15, 0.2) is 6.07 Å². The van der Waals surface area contributed by atoms with Gasteiger partial charge in [0.25, 0.3) is 0 Å². The number of nitrogens with zero attached hydrogens (tertiary/aromatic N) is 1. The van der Waals surface area contributed by atoms with Gasteiger partial charge >= 0.3 is 0 Å². The van der Waals surface area contributed by atoms with E-state index in [1.165, 1.54) is 11.4 Å². The minimum atomic E-state index is 0.320. The van der Waals surface area contributed by atoms with Crippen molar-refractivity contribution in [3.05, 3.63) is 23.0 Å². The maximum Gasteiger partial charge on any atom is 0.164 e. The minimum Gasteiger partial charge on any atom is -0.381 e. The maximum absolute atomic E-state index is 11.8. The Bertz CT molecular complexity index is 420. The minimum absolute atomic E-state index is 0.320. The van der Waals surface area contributed by atoms with Gasteiger partial charge in [0.1, 0.15) is 0 Å². The second-order valence-electron chi connectivity index (χ2n) is 5.04. The summed E-state index contributed by atoms with van der Waals surface area (Å²) in [7, 11) is 0. The summed E-state index contributed by atoms with van der Waals surface area (Å²) in [5.74, 6) is 0.320. The highest BCUT2D eigenvalue weighted by Crippen LogP contribution is 2.25. The summed E-state index contributed by atoms with van der Waals surface area (Å²) in [6.45, 7) is 6.85. The molecule has 3 heteroatoms. The molecule has 1 aromatic rings. The fourth-order valence-corrected chi connectivity index (χ4v) is 2.67. The Hall–Kier alpha value is -1.09. The van der Waals surface area contributed by atoms with E-state index >= 15 is 0 Å². The van der Waals surface area contributed by atoms with Crippen LogP contribution < -0.4 is 0 Å². The number of rotatable bonds is 6. The number of ketones is 1. The molecule has 0 aromatic carbocycles. The number of hydrogen-bond donors (Lipinski definition) is 0. The van der Waals surface area contributed by atoms with Crippen LogP contribution in [0.4, 0.5) is 0 Å². The topological polar surface area (TPSA) is 31.2 Å². The van der Waals surface area contributed by atoms with Gasteiger partial charge in [0.2, 0.25) is 0 Å². The van der Waals surface area contributed by atoms with Crippen LogP contribution in [0.2, 0.25) is 0 Å². The van der Waals surface area contributed by atoms with E-state index in [0.717, 1.165) is 57.4 Å². The van der Waals surface area contributed by atoms with Gasteiger partial charge < -0.3 is 9.30 Å². The largest absolute Gasteiger partial charge is 0.381 e. The molecule has 1 aliphatic carbocycles. The summed E-state index contributed by atoms with van der Waals surface area (Å²) in [5.41, 5.74) is 3.43. The molecule has 0 radical (unpaired) electrons. The third-order valence-electron chi connectivity index (χ3n) is 3.55. The van der Waals surface area contributed by atoms with Crippen molar-refractivity contribution in [2.24, 2.45) is 0 Å². The smallest absolute Gasteiger partial charge is 0.164 e. The quantitative estimate of drug-likeness (QED) is 0.725. The number of Topliss-reactive ketones (excluding diaryl/α,β-unsaturated/α-hetero) is 1. The van der Waals surface area contributed by atoms with E-state index in [9.17, 15) is 4.79 Å². The van der Waals surface area contributed by atoms with Crippen LogP contribution in [0.3, 0.4) is 0 Å². The zero-order valence-electron chi connectivity index (χ0n) is 11.5. The number of fused-ring (bicyclic) bond motifs is 1. The summed E-state index contributed by atoms with van der Waals surface area (Å²) in [6, 6.07) is 2.06. The molecule has 0 N–H and O–H groups in total. The number of aryl methyl sites for hydroxylation is 1. The van der Waals surface area contributed by atoms with Gasteiger partial charge in [-0.2, -0.15) is 0 Å². The maximum atomic E-state index is 11.8. The van der Waals surface area contributed by atoms with Gasteiger partial charge in [-0.15, -0.1) is 0 Å². The third kappa shape index (κ3) is 2.83. The van der Waals surface area contributed by atoms with Crippen LogP contribution in [-0.2, 0) is 17.7 Å². The second-order valence-corrected chi connectivity index (χ2v) is 5.04. The molecule has 0 unspecified atom stereocenters. The first kappa shape index (κ1) is 13.3. The van der Waals surface area contributed by atoms with E-state index in [4.69, 9.17) is 4.74 Å². The molecule has 100 valence electrons. The predicted molar refractivity (Wildman–Crippen MR) is 72.2 cm³/mol. The van der Waals surface area contributed by atoms with Crippen LogP contribution >= 0.6 is 0 Å². The monoisotopic (exact) mass is 249 g/mol. The van der Waals surface area contributed by atoms with Crippen molar-refractivity contribution in [3.63, 3.8) is 0 Å². The Morgan fingerprint density at radius 1 is 1.33 bits per heavy atom. The molecule has 0 spiro atoms. The molecule has 2 rings (SSSR count). The van der Waals surface area contributed by atoms with Crippen LogP contribution in [0.25, 0.3) is 0 Å². The Morgan fingerprint density at radius 3 is 2.94 bits per heavy atom. The molecule has 0 fully saturated rings. The summed E-state index contributed by atoms with van der Waals surface area (Å²) >= 11 is 0. The highest BCUT2D eigenvalue weighted by Gasteiger charge is 2.22. The lowest BCUT2D eigenvalue weighted by Crippen LogP contribution is -2.14. The Morgan fingerprint density at radius 2 is 2.17 bits per heavy atom. The summed E-state index contributed by atoms with van der Waals surface area (Å²) < 4.78 is 7.81. The van der Waals surface area contributed by atoms with Gasteiger partial charge in [0.05, 0.1) is 0 Å². The zero-order valence-corrected chi connectivity index (χ0v) is 11.5. The van der Waals surface area contributed by atoms with E-state index in [1.807, 2.05) is 0 Å². The zero-order chi connectivity index (χ0) is 13.0. The molecular weight excluding hydrogens is 226 g/mol. The van der Waals surface area contributed by atoms with Crippen LogP contribution in [0.1, 0.15) is 54.4 Å². The first-order valence-corrected chi connectivity index (χ1v) is 7.04. The molecule has 1 aromatic heterocycles. The average Bonchev–Trinajstić information content (AvgIpc) is 2.68. The Kier molecular flexibility index (Phi) is 4.59. The van der Waals surface area contributed by atoms with Crippen molar-refractivity contribution in [2.45, 2.75) is 52.5 Å². The van der Waals surface area contributed by atoms with Gasteiger partial charge in [-0.3, -0.25) is 4.79 Å². The van der Waals surface area contributed by atoms with E-state index in [-0.39, 0.29) is 0 Å². The number of carbonyl (C=O) groups excluding carboxylic acids is 1. The first-order valence-electron chi connectivity index (χ1n) is 7.04. The molecule has 0 saturated carbocycles. The standard InChI is InChI=1S/C15H23NO2/c1-3-9-18-10-5-8-16-12(2)11-13-14(16)6-4-7-15(13)17/h11H,3-10H2,1-2H3. The van der Waals surface area contributed by atoms with Gasteiger partial charge in [-0.1, -0.05) is 6.92 Å². The van der Waals surface area contributed by atoms with E-state index in [2.05, 4.69) is 24.5 Å². The lowest BCUT2D eigenvalue weighted by Gasteiger charge is -2.16. The van der Waals surface area contributed by atoms with Crippen LogP contribution in [-0.4, -0.2) is 23.6 Å². The second kappa shape index (κ2) is 6.19. The molecule has 1 heterocycles. The molecule has 0 aliphatic heterocycles. The van der Waals surface area contributed by atoms with Gasteiger partial charge in [0, 0.05) is 43.1 Å². The number of aromatic nitrogens is 1. The van der Waals surface area contributed by atoms with Gasteiger partial charge in [-0.05, 0) is 38.7 Å². The van der Waals surface area contributed by atoms with Crippen molar-refractivity contribution in [1.82, 2.24) is 4.57 Å². The fraction of sp³-hybridized carbons (Fsp3) is 0.667. The van der Waals surface area contributed by atoms with Crippen molar-refractivity contribution in [1.29, 1.82) is 0 Å². The first-order chi connectivity index (χ1) is 8.74. The molecule has 18 heavy (non-hydrogen) atoms. The van der Waals surface area contributed by atoms with Gasteiger partial charge in [-0.25, -0.2) is 0 Å². The number of ether oxygens (including phenoxy) is 1. The van der Waals surface area contributed by atoms with E-state index in [1.54, 1.807) is 0 Å². The summed E-state index contributed by atoms with van der Waals surface area (Å²) in [5, 5.41) is 0. The van der Waals surface area contributed by atoms with Crippen LogP contribution in [0.5, 0.6) is 0 Å².